The Morgan fingerprint density at radius 1 is 1.06 bits per heavy atom. The lowest BCUT2D eigenvalue weighted by molar-refractivity contribution is 0.412. The first-order chi connectivity index (χ1) is 17.0. The van der Waals surface area contributed by atoms with Crippen molar-refractivity contribution < 1.29 is 9.84 Å². The van der Waals surface area contributed by atoms with E-state index >= 15 is 0 Å². The van der Waals surface area contributed by atoms with E-state index in [9.17, 15) is 9.90 Å². The van der Waals surface area contributed by atoms with E-state index in [1.54, 1.807) is 49.7 Å². The Morgan fingerprint density at radius 2 is 1.83 bits per heavy atom. The van der Waals surface area contributed by atoms with Gasteiger partial charge in [-0.2, -0.15) is 5.10 Å². The standard InChI is InChI=1S/C27H21ClN4O3/c1-35-19-9-6-17(7-10-19)16-32-26(33)21-5-3-2-4-20(21)23(27(32)34)15-30-31-24-12-13-29-25-14-18(28)8-11-22(24)25/h2-15,34H,16H2,1H3,(H,29,31)/b30-15+. The first-order valence-corrected chi connectivity index (χ1v) is 11.2. The highest BCUT2D eigenvalue weighted by atomic mass is 35.5. The number of hydrogen-bond acceptors (Lipinski definition) is 6. The van der Waals surface area contributed by atoms with Crippen molar-refractivity contribution in [2.45, 2.75) is 6.54 Å². The summed E-state index contributed by atoms with van der Waals surface area (Å²) in [5, 5.41) is 18.0. The van der Waals surface area contributed by atoms with Gasteiger partial charge in [-0.15, -0.1) is 0 Å². The normalized spacial score (nSPS) is 11.4. The highest BCUT2D eigenvalue weighted by molar-refractivity contribution is 6.31. The van der Waals surface area contributed by atoms with Crippen LogP contribution in [0.1, 0.15) is 11.1 Å². The maximum Gasteiger partial charge on any atom is 0.261 e. The van der Waals surface area contributed by atoms with Crippen LogP contribution in [-0.4, -0.2) is 28.0 Å². The molecule has 0 aliphatic heterocycles. The molecule has 5 rings (SSSR count). The molecular formula is C27H21ClN4O3. The van der Waals surface area contributed by atoms with E-state index < -0.39 is 0 Å². The van der Waals surface area contributed by atoms with E-state index in [0.717, 1.165) is 22.2 Å². The largest absolute Gasteiger partial charge is 0.497 e. The number of fused-ring (bicyclic) bond motifs is 2. The number of hydrogen-bond donors (Lipinski definition) is 2. The van der Waals surface area contributed by atoms with Crippen LogP contribution in [0.5, 0.6) is 11.6 Å². The van der Waals surface area contributed by atoms with E-state index in [-0.39, 0.29) is 18.0 Å². The van der Waals surface area contributed by atoms with Gasteiger partial charge in [-0.25, -0.2) is 0 Å². The number of ether oxygens (including phenoxy) is 1. The summed E-state index contributed by atoms with van der Waals surface area (Å²) in [4.78, 5) is 17.5. The molecule has 5 aromatic rings. The van der Waals surface area contributed by atoms with Gasteiger partial charge < -0.3 is 9.84 Å². The summed E-state index contributed by atoms with van der Waals surface area (Å²) in [6.45, 7) is 0.198. The van der Waals surface area contributed by atoms with Crippen LogP contribution in [0, 0.1) is 0 Å². The Morgan fingerprint density at radius 3 is 2.60 bits per heavy atom. The van der Waals surface area contributed by atoms with Gasteiger partial charge in [-0.1, -0.05) is 41.9 Å². The second kappa shape index (κ2) is 9.48. The fraction of sp³-hybridized carbons (Fsp3) is 0.0741. The molecule has 3 aromatic carbocycles. The average molecular weight is 485 g/mol. The lowest BCUT2D eigenvalue weighted by atomic mass is 10.1. The van der Waals surface area contributed by atoms with Crippen LogP contribution in [0.2, 0.25) is 5.02 Å². The molecule has 0 aliphatic rings. The number of nitrogens with zero attached hydrogens (tertiary/aromatic N) is 3. The summed E-state index contributed by atoms with van der Waals surface area (Å²) in [7, 11) is 1.60. The van der Waals surface area contributed by atoms with Crippen molar-refractivity contribution in [3.63, 3.8) is 0 Å². The van der Waals surface area contributed by atoms with Crippen LogP contribution < -0.4 is 15.7 Å². The number of anilines is 1. The smallest absolute Gasteiger partial charge is 0.261 e. The van der Waals surface area contributed by atoms with E-state index in [4.69, 9.17) is 16.3 Å². The summed E-state index contributed by atoms with van der Waals surface area (Å²) in [5.41, 5.74) is 5.49. The third kappa shape index (κ3) is 4.41. The van der Waals surface area contributed by atoms with Crippen molar-refractivity contribution in [3.8, 4) is 11.6 Å². The SMILES string of the molecule is COc1ccc(Cn2c(O)c(/C=N/Nc3ccnc4cc(Cl)ccc34)c3ccccc3c2=O)cc1. The molecule has 0 saturated carbocycles. The van der Waals surface area contributed by atoms with Crippen molar-refractivity contribution >= 4 is 45.2 Å². The Hall–Kier alpha value is -4.36. The molecule has 0 saturated heterocycles. The topological polar surface area (TPSA) is 88.7 Å². The van der Waals surface area contributed by atoms with Gasteiger partial charge >= 0.3 is 0 Å². The summed E-state index contributed by atoms with van der Waals surface area (Å²) >= 11 is 6.08. The average Bonchev–Trinajstić information content (AvgIpc) is 2.88. The molecule has 0 amide bonds. The molecule has 7 nitrogen and oxygen atoms in total. The zero-order valence-corrected chi connectivity index (χ0v) is 19.5. The lowest BCUT2D eigenvalue weighted by Crippen LogP contribution is -2.22. The van der Waals surface area contributed by atoms with Gasteiger partial charge in [0, 0.05) is 27.4 Å². The van der Waals surface area contributed by atoms with Crippen molar-refractivity contribution in [2.75, 3.05) is 12.5 Å². The lowest BCUT2D eigenvalue weighted by Gasteiger charge is -2.14. The highest BCUT2D eigenvalue weighted by Crippen LogP contribution is 2.26. The van der Waals surface area contributed by atoms with Gasteiger partial charge in [-0.05, 0) is 48.0 Å². The van der Waals surface area contributed by atoms with Crippen LogP contribution in [0.3, 0.4) is 0 Å². The number of pyridine rings is 2. The van der Waals surface area contributed by atoms with E-state index in [1.807, 2.05) is 36.4 Å². The molecule has 2 N–H and O–H groups in total. The van der Waals surface area contributed by atoms with E-state index in [2.05, 4.69) is 15.5 Å². The molecular weight excluding hydrogens is 464 g/mol. The molecule has 0 unspecified atom stereocenters. The molecule has 0 aliphatic carbocycles. The van der Waals surface area contributed by atoms with Crippen LogP contribution in [0.4, 0.5) is 5.69 Å². The fourth-order valence-corrected chi connectivity index (χ4v) is 4.15. The Kier molecular flexibility index (Phi) is 6.08. The third-order valence-electron chi connectivity index (χ3n) is 5.77. The van der Waals surface area contributed by atoms with Gasteiger partial charge in [0.05, 0.1) is 36.6 Å². The van der Waals surface area contributed by atoms with Crippen molar-refractivity contribution in [1.29, 1.82) is 0 Å². The number of benzene rings is 3. The van der Waals surface area contributed by atoms with Crippen molar-refractivity contribution in [3.05, 3.63) is 105 Å². The van der Waals surface area contributed by atoms with Crippen LogP contribution in [-0.2, 0) is 6.54 Å². The van der Waals surface area contributed by atoms with Gasteiger partial charge in [0.15, 0.2) is 0 Å². The summed E-state index contributed by atoms with van der Waals surface area (Å²) in [6, 6.07) is 21.7. The quantitative estimate of drug-likeness (QED) is 0.248. The highest BCUT2D eigenvalue weighted by Gasteiger charge is 2.15. The predicted molar refractivity (Wildman–Crippen MR) is 140 cm³/mol. The molecule has 0 bridgehead atoms. The first kappa shape index (κ1) is 22.4. The predicted octanol–water partition coefficient (Wildman–Crippen LogP) is 5.41. The van der Waals surface area contributed by atoms with Gasteiger partial charge in [-0.3, -0.25) is 19.8 Å². The molecule has 0 radical (unpaired) electrons. The van der Waals surface area contributed by atoms with Crippen LogP contribution in [0.25, 0.3) is 21.7 Å². The van der Waals surface area contributed by atoms with Crippen LogP contribution >= 0.6 is 11.6 Å². The summed E-state index contributed by atoms with van der Waals surface area (Å²) in [6.07, 6.45) is 3.18. The number of halogens is 1. The minimum atomic E-state index is -0.281. The maximum absolute atomic E-state index is 13.2. The molecule has 2 heterocycles. The third-order valence-corrected chi connectivity index (χ3v) is 6.01. The fourth-order valence-electron chi connectivity index (χ4n) is 3.98. The van der Waals surface area contributed by atoms with Gasteiger partial charge in [0.25, 0.3) is 5.56 Å². The van der Waals surface area contributed by atoms with E-state index in [1.165, 1.54) is 10.8 Å². The zero-order chi connectivity index (χ0) is 24.4. The molecule has 0 fully saturated rings. The molecule has 0 atom stereocenters. The second-order valence-electron chi connectivity index (χ2n) is 7.91. The van der Waals surface area contributed by atoms with Crippen LogP contribution in [0.15, 0.2) is 88.9 Å². The Balaban J connectivity index is 1.54. The van der Waals surface area contributed by atoms with Crippen molar-refractivity contribution in [2.24, 2.45) is 5.10 Å². The van der Waals surface area contributed by atoms with Gasteiger partial charge in [0.1, 0.15) is 5.75 Å². The summed E-state index contributed by atoms with van der Waals surface area (Å²) < 4.78 is 6.55. The first-order valence-electron chi connectivity index (χ1n) is 10.9. The van der Waals surface area contributed by atoms with E-state index in [0.29, 0.717) is 27.1 Å². The van der Waals surface area contributed by atoms with Crippen molar-refractivity contribution in [1.82, 2.24) is 9.55 Å². The molecule has 174 valence electrons. The number of aromatic nitrogens is 2. The Bertz CT molecular complexity index is 1630. The molecule has 0 spiro atoms. The zero-order valence-electron chi connectivity index (χ0n) is 18.8. The molecule has 2 aromatic heterocycles. The monoisotopic (exact) mass is 484 g/mol. The van der Waals surface area contributed by atoms with Gasteiger partial charge in [0.2, 0.25) is 5.88 Å². The maximum atomic E-state index is 13.2. The Labute approximate surface area is 205 Å². The minimum Gasteiger partial charge on any atom is -0.497 e. The number of rotatable bonds is 6. The second-order valence-corrected chi connectivity index (χ2v) is 8.35. The molecule has 35 heavy (non-hydrogen) atoms. The number of nitrogens with one attached hydrogen (secondary N) is 1. The summed E-state index contributed by atoms with van der Waals surface area (Å²) in [5.74, 6) is 0.551. The molecule has 8 heteroatoms. The number of methoxy groups -OCH3 is 1. The minimum absolute atomic E-state index is 0.165. The number of hydrazone groups is 1. The number of aromatic hydroxyl groups is 1.